The Labute approximate surface area is 176 Å². The van der Waals surface area contributed by atoms with E-state index in [1.54, 1.807) is 26.1 Å². The first-order valence-corrected chi connectivity index (χ1v) is 11.6. The maximum absolute atomic E-state index is 13.1. The molecule has 1 fully saturated rings. The highest BCUT2D eigenvalue weighted by molar-refractivity contribution is 7.89. The van der Waals surface area contributed by atoms with Crippen LogP contribution in [0.5, 0.6) is 5.88 Å². The van der Waals surface area contributed by atoms with Gasteiger partial charge in [-0.15, -0.1) is 0 Å². The van der Waals surface area contributed by atoms with E-state index in [2.05, 4.69) is 15.5 Å². The van der Waals surface area contributed by atoms with Crippen LogP contribution in [0.25, 0.3) is 0 Å². The summed E-state index contributed by atoms with van der Waals surface area (Å²) in [6, 6.07) is 3.65. The summed E-state index contributed by atoms with van der Waals surface area (Å²) in [6.45, 7) is 6.51. The number of piperidine rings is 1. The van der Waals surface area contributed by atoms with E-state index in [9.17, 15) is 13.2 Å². The molecule has 0 radical (unpaired) electrons. The van der Waals surface area contributed by atoms with Crippen molar-refractivity contribution in [1.82, 2.24) is 19.8 Å². The highest BCUT2D eigenvalue weighted by Crippen LogP contribution is 2.28. The predicted molar refractivity (Wildman–Crippen MR) is 109 cm³/mol. The third kappa shape index (κ3) is 4.81. The molecule has 1 atom stereocenters. The molecule has 2 aromatic rings. The summed E-state index contributed by atoms with van der Waals surface area (Å²) >= 11 is 0. The zero-order valence-corrected chi connectivity index (χ0v) is 18.4. The van der Waals surface area contributed by atoms with Crippen molar-refractivity contribution in [3.8, 4) is 5.88 Å². The van der Waals surface area contributed by atoms with Crippen LogP contribution in [0.4, 0.5) is 0 Å². The number of amides is 1. The quantitative estimate of drug-likeness (QED) is 0.674. The molecule has 2 aromatic heterocycles. The average molecular weight is 437 g/mol. The van der Waals surface area contributed by atoms with Gasteiger partial charge < -0.3 is 14.6 Å². The van der Waals surface area contributed by atoms with E-state index >= 15 is 0 Å². The first-order valence-electron chi connectivity index (χ1n) is 10.1. The summed E-state index contributed by atoms with van der Waals surface area (Å²) in [5.41, 5.74) is 1.12. The molecule has 3 heterocycles. The number of hydrogen-bond acceptors (Lipinski definition) is 7. The minimum Gasteiger partial charge on any atom is -0.477 e. The molecule has 164 valence electrons. The second kappa shape index (κ2) is 9.57. The van der Waals surface area contributed by atoms with Gasteiger partial charge in [0.1, 0.15) is 10.6 Å². The molecule has 10 heteroatoms. The zero-order chi connectivity index (χ0) is 21.7. The monoisotopic (exact) mass is 436 g/mol. The largest absolute Gasteiger partial charge is 0.477 e. The topological polar surface area (TPSA) is 115 Å². The molecule has 0 aliphatic carbocycles. The Kier molecular flexibility index (Phi) is 7.09. The van der Waals surface area contributed by atoms with E-state index in [0.29, 0.717) is 37.6 Å². The number of hydrogen-bond donors (Lipinski definition) is 1. The van der Waals surface area contributed by atoms with Crippen LogP contribution in [-0.4, -0.2) is 48.5 Å². The third-order valence-electron chi connectivity index (χ3n) is 5.07. The molecule has 0 saturated carbocycles. The van der Waals surface area contributed by atoms with Crippen LogP contribution in [-0.2, 0) is 21.4 Å². The zero-order valence-electron chi connectivity index (χ0n) is 17.6. The van der Waals surface area contributed by atoms with Crippen molar-refractivity contribution in [2.75, 3.05) is 19.7 Å². The number of aryl methyl sites for hydroxylation is 2. The number of nitrogens with zero attached hydrogens (tertiary/aromatic N) is 3. The van der Waals surface area contributed by atoms with Crippen molar-refractivity contribution in [2.24, 2.45) is 5.92 Å². The first-order chi connectivity index (χ1) is 14.3. The molecule has 1 saturated heterocycles. The number of aromatic nitrogens is 2. The van der Waals surface area contributed by atoms with Gasteiger partial charge in [-0.25, -0.2) is 13.4 Å². The number of pyridine rings is 1. The summed E-state index contributed by atoms with van der Waals surface area (Å²) in [6.07, 6.45) is 3.75. The molecule has 30 heavy (non-hydrogen) atoms. The van der Waals surface area contributed by atoms with Crippen LogP contribution < -0.4 is 10.1 Å². The van der Waals surface area contributed by atoms with E-state index in [4.69, 9.17) is 9.26 Å². The fourth-order valence-corrected chi connectivity index (χ4v) is 5.38. The van der Waals surface area contributed by atoms with E-state index in [0.717, 1.165) is 12.0 Å². The Morgan fingerprint density at radius 1 is 1.40 bits per heavy atom. The van der Waals surface area contributed by atoms with Crippen molar-refractivity contribution in [3.63, 3.8) is 0 Å². The smallest absolute Gasteiger partial charge is 0.248 e. The Morgan fingerprint density at radius 3 is 2.90 bits per heavy atom. The van der Waals surface area contributed by atoms with E-state index in [1.165, 1.54) is 4.31 Å². The highest BCUT2D eigenvalue weighted by Gasteiger charge is 2.36. The molecule has 0 aromatic carbocycles. The summed E-state index contributed by atoms with van der Waals surface area (Å²) in [7, 11) is -3.76. The number of sulfonamides is 1. The standard InChI is InChI=1S/C20H28N4O5S/c1-4-11-28-20-16(7-5-9-21-20)12-22-19(25)17-8-6-10-24(13-17)30(26,27)18-14(2)23-29-15(18)3/h5,7,9,17H,4,6,8,10-13H2,1-3H3,(H,22,25). The van der Waals surface area contributed by atoms with Crippen molar-refractivity contribution in [1.29, 1.82) is 0 Å². The van der Waals surface area contributed by atoms with Gasteiger partial charge in [0.15, 0.2) is 5.76 Å². The Hall–Kier alpha value is -2.46. The van der Waals surface area contributed by atoms with Crippen molar-refractivity contribution in [2.45, 2.75) is 51.5 Å². The van der Waals surface area contributed by atoms with Gasteiger partial charge in [0, 0.05) is 31.4 Å². The number of ether oxygens (including phenoxy) is 1. The summed E-state index contributed by atoms with van der Waals surface area (Å²) in [5, 5.41) is 6.65. The van der Waals surface area contributed by atoms with Gasteiger partial charge in [0.05, 0.1) is 12.5 Å². The van der Waals surface area contributed by atoms with E-state index in [-0.39, 0.29) is 29.7 Å². The molecule has 1 aliphatic rings. The number of carbonyl (C=O) groups is 1. The van der Waals surface area contributed by atoms with Gasteiger partial charge in [-0.05, 0) is 39.2 Å². The minimum absolute atomic E-state index is 0.0941. The van der Waals surface area contributed by atoms with Crippen LogP contribution in [0.1, 0.15) is 43.2 Å². The fraction of sp³-hybridized carbons (Fsp3) is 0.550. The van der Waals surface area contributed by atoms with Gasteiger partial charge in [-0.3, -0.25) is 4.79 Å². The summed E-state index contributed by atoms with van der Waals surface area (Å²) in [4.78, 5) is 17.1. The lowest BCUT2D eigenvalue weighted by Gasteiger charge is -2.31. The van der Waals surface area contributed by atoms with Gasteiger partial charge in [-0.2, -0.15) is 4.31 Å². The Bertz CT molecular complexity index is 969. The van der Waals surface area contributed by atoms with Crippen LogP contribution in [0.3, 0.4) is 0 Å². The second-order valence-electron chi connectivity index (χ2n) is 7.39. The normalized spacial score (nSPS) is 17.6. The lowest BCUT2D eigenvalue weighted by atomic mass is 9.99. The minimum atomic E-state index is -3.76. The molecule has 9 nitrogen and oxygen atoms in total. The maximum Gasteiger partial charge on any atom is 0.248 e. The average Bonchev–Trinajstić information content (AvgIpc) is 3.09. The molecule has 1 unspecified atom stereocenters. The molecule has 1 aliphatic heterocycles. The predicted octanol–water partition coefficient (Wildman–Crippen LogP) is 2.19. The van der Waals surface area contributed by atoms with E-state index in [1.807, 2.05) is 13.0 Å². The van der Waals surface area contributed by atoms with Crippen molar-refractivity contribution in [3.05, 3.63) is 35.3 Å². The molecular weight excluding hydrogens is 408 g/mol. The van der Waals surface area contributed by atoms with Crippen LogP contribution in [0, 0.1) is 19.8 Å². The SMILES string of the molecule is CCCOc1ncccc1CNC(=O)C1CCCN(S(=O)(=O)c2c(C)noc2C)C1. The number of nitrogens with one attached hydrogen (secondary N) is 1. The summed E-state index contributed by atoms with van der Waals surface area (Å²) < 4.78 is 38.1. The lowest BCUT2D eigenvalue weighted by Crippen LogP contribution is -2.45. The lowest BCUT2D eigenvalue weighted by molar-refractivity contribution is -0.126. The molecule has 1 N–H and O–H groups in total. The Balaban J connectivity index is 1.65. The third-order valence-corrected chi connectivity index (χ3v) is 7.18. The molecular formula is C20H28N4O5S. The fourth-order valence-electron chi connectivity index (χ4n) is 3.56. The van der Waals surface area contributed by atoms with Gasteiger partial charge in [0.25, 0.3) is 0 Å². The molecule has 0 bridgehead atoms. The maximum atomic E-state index is 13.1. The van der Waals surface area contributed by atoms with Crippen molar-refractivity contribution >= 4 is 15.9 Å². The Morgan fingerprint density at radius 2 is 2.20 bits per heavy atom. The highest BCUT2D eigenvalue weighted by atomic mass is 32.2. The van der Waals surface area contributed by atoms with Crippen LogP contribution in [0.15, 0.2) is 27.7 Å². The first kappa shape index (κ1) is 22.2. The second-order valence-corrected chi connectivity index (χ2v) is 9.26. The van der Waals surface area contributed by atoms with E-state index < -0.39 is 15.9 Å². The van der Waals surface area contributed by atoms with Gasteiger partial charge in [0.2, 0.25) is 21.8 Å². The van der Waals surface area contributed by atoms with Crippen LogP contribution >= 0.6 is 0 Å². The summed E-state index contributed by atoms with van der Waals surface area (Å²) in [5.74, 6) is 0.158. The van der Waals surface area contributed by atoms with Crippen LogP contribution in [0.2, 0.25) is 0 Å². The van der Waals surface area contributed by atoms with Crippen molar-refractivity contribution < 1.29 is 22.5 Å². The number of rotatable bonds is 8. The number of carbonyl (C=O) groups excluding carboxylic acids is 1. The van der Waals surface area contributed by atoms with Gasteiger partial charge in [-0.1, -0.05) is 18.1 Å². The molecule has 0 spiro atoms. The van der Waals surface area contributed by atoms with Gasteiger partial charge >= 0.3 is 0 Å². The molecule has 3 rings (SSSR count). The molecule has 1 amide bonds.